The van der Waals surface area contributed by atoms with E-state index in [0.717, 1.165) is 10.8 Å². The third-order valence-electron chi connectivity index (χ3n) is 2.68. The highest BCUT2D eigenvalue weighted by molar-refractivity contribution is 6.14. The topological polar surface area (TPSA) is 38.3 Å². The van der Waals surface area contributed by atoms with Crippen molar-refractivity contribution in [1.82, 2.24) is 5.32 Å². The van der Waals surface area contributed by atoms with E-state index in [1.165, 1.54) is 0 Å². The van der Waals surface area contributed by atoms with E-state index in [1.54, 1.807) is 0 Å². The number of rotatable bonds is 4. The predicted molar refractivity (Wildman–Crippen MR) is 73.2 cm³/mol. The van der Waals surface area contributed by atoms with Crippen LogP contribution in [0.2, 0.25) is 0 Å². The monoisotopic (exact) mass is 255 g/mol. The van der Waals surface area contributed by atoms with Crippen molar-refractivity contribution in [2.24, 2.45) is 0 Å². The average molecular weight is 255 g/mol. The van der Waals surface area contributed by atoms with E-state index in [2.05, 4.69) is 21.6 Å². The molecule has 1 N–H and O–H groups in total. The van der Waals surface area contributed by atoms with E-state index in [1.807, 2.05) is 43.3 Å². The lowest BCUT2D eigenvalue weighted by molar-refractivity contribution is 0.0958. The number of benzene rings is 2. The van der Waals surface area contributed by atoms with Crippen LogP contribution in [0.25, 0.3) is 10.8 Å². The molecule has 18 heavy (non-hydrogen) atoms. The number of hydrogen-bond donors (Lipinski definition) is 1. The van der Waals surface area contributed by atoms with Gasteiger partial charge in [0.25, 0.3) is 5.91 Å². The number of hydrogen-bond acceptors (Lipinski definition) is 2. The normalized spacial score (nSPS) is 10.3. The van der Waals surface area contributed by atoms with Gasteiger partial charge in [-0.3, -0.25) is 4.79 Å². The van der Waals surface area contributed by atoms with E-state index in [0.29, 0.717) is 23.3 Å². The van der Waals surface area contributed by atoms with Gasteiger partial charge < -0.3 is 10.1 Å². The highest BCUT2D eigenvalue weighted by atomic mass is 27.0. The van der Waals surface area contributed by atoms with Crippen LogP contribution in [0.1, 0.15) is 17.3 Å². The van der Waals surface area contributed by atoms with Gasteiger partial charge in [-0.1, -0.05) is 35.7 Å². The van der Waals surface area contributed by atoms with Gasteiger partial charge in [0.2, 0.25) is 0 Å². The first-order valence-corrected chi connectivity index (χ1v) is 6.72. The van der Waals surface area contributed by atoms with E-state index in [9.17, 15) is 4.79 Å². The summed E-state index contributed by atoms with van der Waals surface area (Å²) in [7, 11) is 0. The molecule has 0 saturated heterocycles. The predicted octanol–water partition coefficient (Wildman–Crippen LogP) is 2.09. The Hall–Kier alpha value is -1.50. The molecular weight excluding hydrogens is 241 g/mol. The Labute approximate surface area is 115 Å². The minimum absolute atomic E-state index is 0.106. The summed E-state index contributed by atoms with van der Waals surface area (Å²) in [6, 6.07) is 11.6. The van der Waals surface area contributed by atoms with Crippen molar-refractivity contribution in [1.29, 1.82) is 0 Å². The van der Waals surface area contributed by atoms with Gasteiger partial charge in [-0.2, -0.15) is 0 Å². The maximum absolute atomic E-state index is 12.1. The van der Waals surface area contributed by atoms with Gasteiger partial charge in [-0.05, 0) is 23.8 Å². The Morgan fingerprint density at radius 2 is 2.06 bits per heavy atom. The van der Waals surface area contributed by atoms with Gasteiger partial charge >= 0.3 is 0 Å². The molecule has 0 aliphatic carbocycles. The smallest absolute Gasteiger partial charge is 0.254 e. The fraction of sp³-hybridized carbons (Fsp3) is 0.214. The first kappa shape index (κ1) is 12.9. The Kier molecular flexibility index (Phi) is 4.25. The molecule has 2 aromatic rings. The van der Waals surface area contributed by atoms with Gasteiger partial charge in [0.15, 0.2) is 16.3 Å². The third kappa shape index (κ3) is 2.50. The molecule has 0 fully saturated rings. The molecule has 0 aliphatic heterocycles. The average Bonchev–Trinajstić information content (AvgIpc) is 2.39. The van der Waals surface area contributed by atoms with Crippen LogP contribution < -0.4 is 10.1 Å². The van der Waals surface area contributed by atoms with Crippen LogP contribution in [0, 0.1) is 0 Å². The summed E-state index contributed by atoms with van der Waals surface area (Å²) < 4.78 is 5.54. The number of carbonyl (C=O) groups is 1. The Balaban J connectivity index is 2.62. The van der Waals surface area contributed by atoms with Crippen LogP contribution in [0.4, 0.5) is 0 Å². The molecule has 0 bridgehead atoms. The van der Waals surface area contributed by atoms with Crippen molar-refractivity contribution in [3.8, 4) is 5.75 Å². The van der Waals surface area contributed by atoms with Gasteiger partial charge in [-0.25, -0.2) is 0 Å². The second-order valence-corrected chi connectivity index (χ2v) is 4.21. The molecule has 4 heteroatoms. The van der Waals surface area contributed by atoms with Crippen LogP contribution in [0.15, 0.2) is 36.4 Å². The van der Waals surface area contributed by atoms with E-state index >= 15 is 0 Å². The second-order valence-electron chi connectivity index (χ2n) is 3.80. The minimum Gasteiger partial charge on any atom is -0.493 e. The Morgan fingerprint density at radius 1 is 1.28 bits per heavy atom. The maximum Gasteiger partial charge on any atom is 0.254 e. The number of ether oxygens (including phenoxy) is 1. The fourth-order valence-electron chi connectivity index (χ4n) is 1.94. The fourth-order valence-corrected chi connectivity index (χ4v) is 2.13. The van der Waals surface area contributed by atoms with Crippen molar-refractivity contribution < 1.29 is 9.53 Å². The molecular formula is C14H14AlNO2. The summed E-state index contributed by atoms with van der Waals surface area (Å²) in [6.07, 6.45) is 0. The van der Waals surface area contributed by atoms with Crippen molar-refractivity contribution in [2.45, 2.75) is 6.92 Å². The van der Waals surface area contributed by atoms with Crippen LogP contribution in [-0.4, -0.2) is 34.2 Å². The van der Waals surface area contributed by atoms with Gasteiger partial charge in [0.1, 0.15) is 5.75 Å². The molecule has 90 valence electrons. The van der Waals surface area contributed by atoms with Gasteiger partial charge in [-0.15, -0.1) is 0 Å². The molecule has 0 atom stereocenters. The van der Waals surface area contributed by atoms with E-state index in [4.69, 9.17) is 4.74 Å². The van der Waals surface area contributed by atoms with Crippen molar-refractivity contribution in [2.75, 3.05) is 12.0 Å². The molecule has 0 aromatic heterocycles. The number of carbonyl (C=O) groups excluding carboxylic acids is 1. The zero-order chi connectivity index (χ0) is 13.0. The van der Waals surface area contributed by atoms with Crippen molar-refractivity contribution >= 4 is 33.0 Å². The standard InChI is InChI=1S/C14H14NO2.Al/c1-3-17-12-9-8-10-6-4-5-7-11(10)13(12)14(16)15-2;/h4-9H,2-3H2,1H3,(H,15,16);. The minimum atomic E-state index is -0.106. The molecule has 0 spiro atoms. The highest BCUT2D eigenvalue weighted by Crippen LogP contribution is 2.28. The Morgan fingerprint density at radius 3 is 2.78 bits per heavy atom. The molecule has 0 aliphatic rings. The number of nitrogens with one attached hydrogen (secondary N) is 1. The van der Waals surface area contributed by atoms with Crippen LogP contribution in [0.3, 0.4) is 0 Å². The van der Waals surface area contributed by atoms with Crippen LogP contribution >= 0.6 is 0 Å². The molecule has 0 unspecified atom stereocenters. The van der Waals surface area contributed by atoms with Crippen LogP contribution in [-0.2, 0) is 0 Å². The quantitative estimate of drug-likeness (QED) is 0.850. The highest BCUT2D eigenvalue weighted by Gasteiger charge is 2.15. The molecule has 3 nitrogen and oxygen atoms in total. The lowest BCUT2D eigenvalue weighted by Gasteiger charge is -2.13. The van der Waals surface area contributed by atoms with E-state index < -0.39 is 0 Å². The first-order valence-electron chi connectivity index (χ1n) is 5.90. The summed E-state index contributed by atoms with van der Waals surface area (Å²) in [6.45, 7) is 2.45. The zero-order valence-electron chi connectivity index (χ0n) is 10.3. The summed E-state index contributed by atoms with van der Waals surface area (Å²) in [5.74, 6) is 0.525. The lowest BCUT2D eigenvalue weighted by Crippen LogP contribution is -2.25. The van der Waals surface area contributed by atoms with Crippen LogP contribution in [0.5, 0.6) is 5.75 Å². The summed E-state index contributed by atoms with van der Waals surface area (Å²) >= 11 is 2.48. The molecule has 2 radical (unpaired) electrons. The molecule has 0 heterocycles. The summed E-state index contributed by atoms with van der Waals surface area (Å²) in [4.78, 5) is 12.1. The summed E-state index contributed by atoms with van der Waals surface area (Å²) in [5, 5.41) is 5.27. The molecule has 0 saturated carbocycles. The molecule has 1 amide bonds. The SMILES string of the molecule is CCOc1ccc2ccccc2c1C(=O)N[CH2][Al]. The summed E-state index contributed by atoms with van der Waals surface area (Å²) in [5.41, 5.74) is 0.609. The van der Waals surface area contributed by atoms with Gasteiger partial charge in [0.05, 0.1) is 12.2 Å². The first-order chi connectivity index (χ1) is 8.77. The molecule has 2 aromatic carbocycles. The maximum atomic E-state index is 12.1. The Bertz CT molecular complexity index is 569. The number of fused-ring (bicyclic) bond motifs is 1. The van der Waals surface area contributed by atoms with Gasteiger partial charge in [0, 0.05) is 0 Å². The molecule has 2 rings (SSSR count). The van der Waals surface area contributed by atoms with Crippen molar-refractivity contribution in [3.63, 3.8) is 0 Å². The largest absolute Gasteiger partial charge is 0.493 e. The third-order valence-corrected chi connectivity index (χ3v) is 2.88. The number of amides is 1. The van der Waals surface area contributed by atoms with E-state index in [-0.39, 0.29) is 5.91 Å². The van der Waals surface area contributed by atoms with Crippen molar-refractivity contribution in [3.05, 3.63) is 42.0 Å². The second kappa shape index (κ2) is 5.90. The zero-order valence-corrected chi connectivity index (χ0v) is 11.4. The lowest BCUT2D eigenvalue weighted by atomic mass is 10.0.